The van der Waals surface area contributed by atoms with Crippen LogP contribution in [0, 0.1) is 16.7 Å². The maximum Gasteiger partial charge on any atom is 0.220 e. The molecule has 0 aliphatic carbocycles. The van der Waals surface area contributed by atoms with Crippen molar-refractivity contribution in [1.82, 2.24) is 5.32 Å². The average molecular weight is 269 g/mol. The van der Waals surface area contributed by atoms with Crippen LogP contribution in [-0.2, 0) is 4.79 Å². The molecule has 0 rings (SSSR count). The molecule has 1 unspecified atom stereocenters. The highest BCUT2D eigenvalue weighted by Crippen LogP contribution is 2.38. The van der Waals surface area contributed by atoms with Gasteiger partial charge in [0.15, 0.2) is 0 Å². The van der Waals surface area contributed by atoms with E-state index in [9.17, 15) is 4.79 Å². The van der Waals surface area contributed by atoms with E-state index in [4.69, 9.17) is 0 Å². The largest absolute Gasteiger partial charge is 0.351 e. The Morgan fingerprint density at radius 2 is 1.53 bits per heavy atom. The number of carbonyl (C=O) groups is 1. The van der Waals surface area contributed by atoms with Crippen LogP contribution in [0.3, 0.4) is 0 Å². The van der Waals surface area contributed by atoms with Gasteiger partial charge in [-0.1, -0.05) is 54.9 Å². The first-order chi connectivity index (χ1) is 8.32. The molecule has 1 atom stereocenters. The van der Waals surface area contributed by atoms with E-state index in [1.807, 2.05) is 0 Å². The minimum Gasteiger partial charge on any atom is -0.351 e. The molecule has 0 aromatic heterocycles. The summed E-state index contributed by atoms with van der Waals surface area (Å²) in [6, 6.07) is 0. The van der Waals surface area contributed by atoms with Crippen molar-refractivity contribution in [2.45, 2.75) is 87.1 Å². The molecule has 0 heterocycles. The molecule has 2 nitrogen and oxygen atoms in total. The van der Waals surface area contributed by atoms with Crippen molar-refractivity contribution in [3.8, 4) is 0 Å². The summed E-state index contributed by atoms with van der Waals surface area (Å²) in [5.41, 5.74) is 0.122. The lowest BCUT2D eigenvalue weighted by atomic mass is 9.68. The molecule has 0 spiro atoms. The van der Waals surface area contributed by atoms with E-state index in [1.165, 1.54) is 12.8 Å². The van der Waals surface area contributed by atoms with Gasteiger partial charge in [-0.25, -0.2) is 0 Å². The molecular weight excluding hydrogens is 234 g/mol. The van der Waals surface area contributed by atoms with E-state index >= 15 is 0 Å². The molecule has 0 aromatic rings. The second kappa shape index (κ2) is 6.28. The summed E-state index contributed by atoms with van der Waals surface area (Å²) in [6.45, 7) is 19.7. The molecule has 0 aliphatic heterocycles. The Bertz CT molecular complexity index is 297. The quantitative estimate of drug-likeness (QED) is 0.738. The van der Waals surface area contributed by atoms with Crippen molar-refractivity contribution in [3.05, 3.63) is 0 Å². The zero-order valence-corrected chi connectivity index (χ0v) is 14.6. The van der Waals surface area contributed by atoms with Crippen molar-refractivity contribution in [1.29, 1.82) is 0 Å². The van der Waals surface area contributed by atoms with Crippen LogP contribution in [0.4, 0.5) is 0 Å². The maximum absolute atomic E-state index is 12.2. The summed E-state index contributed by atoms with van der Waals surface area (Å²) in [7, 11) is 0. The van der Waals surface area contributed by atoms with Crippen molar-refractivity contribution in [2.24, 2.45) is 16.7 Å². The third-order valence-corrected chi connectivity index (χ3v) is 4.30. The van der Waals surface area contributed by atoms with E-state index in [2.05, 4.69) is 67.6 Å². The summed E-state index contributed by atoms with van der Waals surface area (Å²) in [5.74, 6) is 0.598. The Hall–Kier alpha value is -0.530. The van der Waals surface area contributed by atoms with Crippen molar-refractivity contribution < 1.29 is 4.79 Å². The molecule has 1 amide bonds. The van der Waals surface area contributed by atoms with Crippen molar-refractivity contribution >= 4 is 5.91 Å². The van der Waals surface area contributed by atoms with Gasteiger partial charge in [0.25, 0.3) is 0 Å². The number of hydrogen-bond donors (Lipinski definition) is 1. The zero-order chi connectivity index (χ0) is 15.5. The number of hydrogen-bond acceptors (Lipinski definition) is 1. The Morgan fingerprint density at radius 1 is 1.05 bits per heavy atom. The average Bonchev–Trinajstić information content (AvgIpc) is 2.11. The van der Waals surface area contributed by atoms with E-state index in [1.54, 1.807) is 0 Å². The molecule has 2 heteroatoms. The summed E-state index contributed by atoms with van der Waals surface area (Å²) >= 11 is 0. The lowest BCUT2D eigenvalue weighted by Crippen LogP contribution is -2.53. The van der Waals surface area contributed by atoms with Crippen LogP contribution >= 0.6 is 0 Å². The first kappa shape index (κ1) is 18.5. The molecule has 114 valence electrons. The number of nitrogens with one attached hydrogen (secondary N) is 1. The Labute approximate surface area is 120 Å². The van der Waals surface area contributed by atoms with Gasteiger partial charge < -0.3 is 5.32 Å². The third kappa shape index (κ3) is 6.44. The zero-order valence-electron chi connectivity index (χ0n) is 14.6. The molecule has 0 bridgehead atoms. The molecule has 1 N–H and O–H groups in total. The van der Waals surface area contributed by atoms with Gasteiger partial charge in [0, 0.05) is 12.0 Å². The lowest BCUT2D eigenvalue weighted by Gasteiger charge is -2.43. The predicted octanol–water partition coefficient (Wildman–Crippen LogP) is 4.78. The first-order valence-corrected chi connectivity index (χ1v) is 7.63. The highest BCUT2D eigenvalue weighted by Gasteiger charge is 2.38. The third-order valence-electron chi connectivity index (χ3n) is 4.30. The van der Waals surface area contributed by atoms with Crippen LogP contribution in [0.2, 0.25) is 0 Å². The maximum atomic E-state index is 12.2. The molecule has 0 aliphatic rings. The van der Waals surface area contributed by atoms with Gasteiger partial charge in [-0.05, 0) is 37.0 Å². The predicted molar refractivity (Wildman–Crippen MR) is 84.1 cm³/mol. The molecule has 0 aromatic carbocycles. The highest BCUT2D eigenvalue weighted by atomic mass is 16.1. The fourth-order valence-electron chi connectivity index (χ4n) is 2.83. The second-order valence-corrected chi connectivity index (χ2v) is 8.47. The first-order valence-electron chi connectivity index (χ1n) is 7.63. The van der Waals surface area contributed by atoms with Gasteiger partial charge in [0.2, 0.25) is 5.91 Å². The highest BCUT2D eigenvalue weighted by molar-refractivity contribution is 5.77. The minimum absolute atomic E-state index is 0.0440. The molecule has 19 heavy (non-hydrogen) atoms. The minimum atomic E-state index is -0.166. The molecule has 0 saturated carbocycles. The number of carbonyl (C=O) groups excluding carboxylic acids is 1. The summed E-state index contributed by atoms with van der Waals surface area (Å²) in [5, 5.41) is 3.24. The Morgan fingerprint density at radius 3 is 1.89 bits per heavy atom. The number of rotatable bonds is 6. The Kier molecular flexibility index (Phi) is 6.10. The SMILES string of the molecule is CCCC(C)(C)C(C)C(C)(C)NC(=O)CC(C)(C)C. The fraction of sp³-hybridized carbons (Fsp3) is 0.941. The molecule has 0 saturated heterocycles. The molecule has 0 fully saturated rings. The van der Waals surface area contributed by atoms with E-state index in [0.717, 1.165) is 0 Å². The van der Waals surface area contributed by atoms with Gasteiger partial charge in [-0.2, -0.15) is 0 Å². The molecule has 0 radical (unpaired) electrons. The fourth-order valence-corrected chi connectivity index (χ4v) is 2.83. The smallest absolute Gasteiger partial charge is 0.220 e. The van der Waals surface area contributed by atoms with Crippen molar-refractivity contribution in [2.75, 3.05) is 0 Å². The van der Waals surface area contributed by atoms with E-state index < -0.39 is 0 Å². The van der Waals surface area contributed by atoms with E-state index in [0.29, 0.717) is 12.3 Å². The topological polar surface area (TPSA) is 29.1 Å². The van der Waals surface area contributed by atoms with Gasteiger partial charge in [-0.15, -0.1) is 0 Å². The van der Waals surface area contributed by atoms with Gasteiger partial charge >= 0.3 is 0 Å². The van der Waals surface area contributed by atoms with Gasteiger partial charge in [-0.3, -0.25) is 4.79 Å². The monoisotopic (exact) mass is 269 g/mol. The van der Waals surface area contributed by atoms with E-state index in [-0.39, 0.29) is 22.3 Å². The summed E-state index contributed by atoms with van der Waals surface area (Å²) in [6.07, 6.45) is 2.95. The summed E-state index contributed by atoms with van der Waals surface area (Å²) < 4.78 is 0. The summed E-state index contributed by atoms with van der Waals surface area (Å²) in [4.78, 5) is 12.2. The van der Waals surface area contributed by atoms with Crippen LogP contribution in [0.1, 0.15) is 81.6 Å². The van der Waals surface area contributed by atoms with Crippen LogP contribution in [0.5, 0.6) is 0 Å². The molecular formula is C17H35NO. The van der Waals surface area contributed by atoms with Crippen molar-refractivity contribution in [3.63, 3.8) is 0 Å². The Balaban J connectivity index is 4.74. The lowest BCUT2D eigenvalue weighted by molar-refractivity contribution is -0.125. The van der Waals surface area contributed by atoms with Crippen LogP contribution < -0.4 is 5.32 Å². The second-order valence-electron chi connectivity index (χ2n) is 8.47. The van der Waals surface area contributed by atoms with Crippen LogP contribution in [-0.4, -0.2) is 11.4 Å². The van der Waals surface area contributed by atoms with Gasteiger partial charge in [0.1, 0.15) is 0 Å². The number of amides is 1. The van der Waals surface area contributed by atoms with Crippen LogP contribution in [0.15, 0.2) is 0 Å². The van der Waals surface area contributed by atoms with Crippen LogP contribution in [0.25, 0.3) is 0 Å². The normalized spacial score (nSPS) is 15.2. The standard InChI is InChI=1S/C17H35NO/c1-10-11-16(6,7)13(2)17(8,9)18-14(19)12-15(3,4)5/h13H,10-12H2,1-9H3,(H,18,19). The van der Waals surface area contributed by atoms with Gasteiger partial charge in [0.05, 0.1) is 0 Å².